The van der Waals surface area contributed by atoms with Gasteiger partial charge in [0.15, 0.2) is 0 Å². The zero-order chi connectivity index (χ0) is 12.8. The Morgan fingerprint density at radius 1 is 1.28 bits per heavy atom. The number of hydrogen-bond donors (Lipinski definition) is 2. The standard InChI is InChI=1S/C14H17N3O/c1-18-13-4-2-3-12(10-13)14(17-15)9-11-5-7-16-8-6-11/h2-8,10,14,17H,9,15H2,1H3. The van der Waals surface area contributed by atoms with E-state index < -0.39 is 0 Å². The zero-order valence-corrected chi connectivity index (χ0v) is 10.3. The SMILES string of the molecule is COc1cccc(C(Cc2ccncc2)NN)c1. The van der Waals surface area contributed by atoms with Gasteiger partial charge in [-0.15, -0.1) is 0 Å². The predicted molar refractivity (Wildman–Crippen MR) is 71.0 cm³/mol. The topological polar surface area (TPSA) is 60.2 Å². The van der Waals surface area contributed by atoms with Crippen LogP contribution >= 0.6 is 0 Å². The number of benzene rings is 1. The Hall–Kier alpha value is -1.91. The molecule has 0 aliphatic carbocycles. The minimum atomic E-state index is 0.0579. The summed E-state index contributed by atoms with van der Waals surface area (Å²) in [7, 11) is 1.66. The Bertz CT molecular complexity index is 487. The lowest BCUT2D eigenvalue weighted by atomic mass is 10.00. The second-order valence-electron chi connectivity index (χ2n) is 4.06. The van der Waals surface area contributed by atoms with Gasteiger partial charge in [-0.3, -0.25) is 16.3 Å². The average molecular weight is 243 g/mol. The van der Waals surface area contributed by atoms with Gasteiger partial charge in [0, 0.05) is 12.4 Å². The summed E-state index contributed by atoms with van der Waals surface area (Å²) in [6, 6.07) is 12.0. The number of hydrogen-bond acceptors (Lipinski definition) is 4. The summed E-state index contributed by atoms with van der Waals surface area (Å²) >= 11 is 0. The number of hydrazine groups is 1. The molecule has 0 saturated carbocycles. The Balaban J connectivity index is 2.17. The van der Waals surface area contributed by atoms with E-state index >= 15 is 0 Å². The van der Waals surface area contributed by atoms with Crippen molar-refractivity contribution in [1.82, 2.24) is 10.4 Å². The number of pyridine rings is 1. The summed E-state index contributed by atoms with van der Waals surface area (Å²) in [6.07, 6.45) is 4.38. The van der Waals surface area contributed by atoms with Gasteiger partial charge >= 0.3 is 0 Å². The first-order valence-corrected chi connectivity index (χ1v) is 5.82. The Morgan fingerprint density at radius 3 is 2.72 bits per heavy atom. The lowest BCUT2D eigenvalue weighted by molar-refractivity contribution is 0.413. The van der Waals surface area contributed by atoms with E-state index in [1.807, 2.05) is 36.4 Å². The molecule has 4 heteroatoms. The molecule has 94 valence electrons. The summed E-state index contributed by atoms with van der Waals surface area (Å²) in [6.45, 7) is 0. The smallest absolute Gasteiger partial charge is 0.119 e. The third-order valence-electron chi connectivity index (χ3n) is 2.89. The van der Waals surface area contributed by atoms with Crippen LogP contribution in [0.4, 0.5) is 0 Å². The molecule has 1 heterocycles. The zero-order valence-electron chi connectivity index (χ0n) is 10.3. The molecule has 3 N–H and O–H groups in total. The molecule has 1 aromatic heterocycles. The quantitative estimate of drug-likeness (QED) is 0.621. The molecule has 2 rings (SSSR count). The van der Waals surface area contributed by atoms with Gasteiger partial charge in [-0.1, -0.05) is 12.1 Å². The number of nitrogens with two attached hydrogens (primary N) is 1. The van der Waals surface area contributed by atoms with Crippen molar-refractivity contribution in [2.24, 2.45) is 5.84 Å². The molecule has 0 fully saturated rings. The van der Waals surface area contributed by atoms with E-state index in [1.165, 1.54) is 5.56 Å². The van der Waals surface area contributed by atoms with Crippen LogP contribution in [0.25, 0.3) is 0 Å². The van der Waals surface area contributed by atoms with Crippen molar-refractivity contribution in [3.8, 4) is 5.75 Å². The highest BCUT2D eigenvalue weighted by Gasteiger charge is 2.11. The molecule has 1 aromatic carbocycles. The highest BCUT2D eigenvalue weighted by atomic mass is 16.5. The fraction of sp³-hybridized carbons (Fsp3) is 0.214. The predicted octanol–water partition coefficient (Wildman–Crippen LogP) is 1.84. The summed E-state index contributed by atoms with van der Waals surface area (Å²) in [5.74, 6) is 6.47. The van der Waals surface area contributed by atoms with Gasteiger partial charge in [-0.25, -0.2) is 0 Å². The molecule has 0 spiro atoms. The van der Waals surface area contributed by atoms with Crippen molar-refractivity contribution in [2.75, 3.05) is 7.11 Å². The highest BCUT2D eigenvalue weighted by molar-refractivity contribution is 5.31. The van der Waals surface area contributed by atoms with E-state index in [1.54, 1.807) is 19.5 Å². The van der Waals surface area contributed by atoms with E-state index in [0.29, 0.717) is 0 Å². The van der Waals surface area contributed by atoms with Crippen molar-refractivity contribution in [1.29, 1.82) is 0 Å². The lowest BCUT2D eigenvalue weighted by Gasteiger charge is -2.17. The monoisotopic (exact) mass is 243 g/mol. The molecule has 0 amide bonds. The first kappa shape index (κ1) is 12.5. The lowest BCUT2D eigenvalue weighted by Crippen LogP contribution is -2.29. The van der Waals surface area contributed by atoms with Gasteiger partial charge < -0.3 is 4.74 Å². The fourth-order valence-corrected chi connectivity index (χ4v) is 1.89. The van der Waals surface area contributed by atoms with Crippen molar-refractivity contribution >= 4 is 0 Å². The van der Waals surface area contributed by atoms with E-state index in [2.05, 4.69) is 10.4 Å². The van der Waals surface area contributed by atoms with Crippen LogP contribution in [0.15, 0.2) is 48.8 Å². The summed E-state index contributed by atoms with van der Waals surface area (Å²) in [4.78, 5) is 4.01. The Kier molecular flexibility index (Phi) is 4.28. The van der Waals surface area contributed by atoms with Gasteiger partial charge in [0.05, 0.1) is 13.2 Å². The largest absolute Gasteiger partial charge is 0.497 e. The van der Waals surface area contributed by atoms with Crippen LogP contribution in [0, 0.1) is 0 Å². The second-order valence-corrected chi connectivity index (χ2v) is 4.06. The molecule has 1 atom stereocenters. The molecule has 4 nitrogen and oxygen atoms in total. The van der Waals surface area contributed by atoms with Crippen molar-refractivity contribution < 1.29 is 4.74 Å². The summed E-state index contributed by atoms with van der Waals surface area (Å²) < 4.78 is 5.22. The van der Waals surface area contributed by atoms with Gasteiger partial charge in [-0.2, -0.15) is 0 Å². The van der Waals surface area contributed by atoms with Gasteiger partial charge in [-0.05, 0) is 41.8 Å². The third kappa shape index (κ3) is 3.06. The Labute approximate surface area is 107 Å². The number of ether oxygens (including phenoxy) is 1. The van der Waals surface area contributed by atoms with Crippen LogP contribution in [0.5, 0.6) is 5.75 Å². The molecule has 2 aromatic rings. The number of rotatable bonds is 5. The van der Waals surface area contributed by atoms with Crippen LogP contribution in [0.1, 0.15) is 17.2 Å². The molecule has 18 heavy (non-hydrogen) atoms. The van der Waals surface area contributed by atoms with Crippen LogP contribution in [-0.2, 0) is 6.42 Å². The molecule has 0 bridgehead atoms. The van der Waals surface area contributed by atoms with Crippen molar-refractivity contribution in [3.05, 3.63) is 59.9 Å². The van der Waals surface area contributed by atoms with Gasteiger partial charge in [0.2, 0.25) is 0 Å². The molecule has 0 aliphatic rings. The molecular weight excluding hydrogens is 226 g/mol. The normalized spacial score (nSPS) is 12.1. The summed E-state index contributed by atoms with van der Waals surface area (Å²) in [5.41, 5.74) is 5.14. The van der Waals surface area contributed by atoms with Crippen molar-refractivity contribution in [2.45, 2.75) is 12.5 Å². The number of aromatic nitrogens is 1. The number of nitrogens with one attached hydrogen (secondary N) is 1. The second kappa shape index (κ2) is 6.14. The maximum atomic E-state index is 5.64. The number of nitrogens with zero attached hydrogens (tertiary/aromatic N) is 1. The molecule has 0 radical (unpaired) electrons. The van der Waals surface area contributed by atoms with Gasteiger partial charge in [0.25, 0.3) is 0 Å². The van der Waals surface area contributed by atoms with E-state index in [4.69, 9.17) is 10.6 Å². The maximum Gasteiger partial charge on any atom is 0.119 e. The first-order chi connectivity index (χ1) is 8.83. The third-order valence-corrected chi connectivity index (χ3v) is 2.89. The van der Waals surface area contributed by atoms with Crippen LogP contribution in [0.3, 0.4) is 0 Å². The summed E-state index contributed by atoms with van der Waals surface area (Å²) in [5, 5.41) is 0. The van der Waals surface area contributed by atoms with Crippen LogP contribution in [-0.4, -0.2) is 12.1 Å². The molecular formula is C14H17N3O. The Morgan fingerprint density at radius 2 is 2.06 bits per heavy atom. The first-order valence-electron chi connectivity index (χ1n) is 5.82. The number of methoxy groups -OCH3 is 1. The van der Waals surface area contributed by atoms with Crippen LogP contribution < -0.4 is 16.0 Å². The van der Waals surface area contributed by atoms with E-state index in [-0.39, 0.29) is 6.04 Å². The fourth-order valence-electron chi connectivity index (χ4n) is 1.89. The van der Waals surface area contributed by atoms with E-state index in [0.717, 1.165) is 17.7 Å². The molecule has 0 aliphatic heterocycles. The molecule has 1 unspecified atom stereocenters. The van der Waals surface area contributed by atoms with Crippen molar-refractivity contribution in [3.63, 3.8) is 0 Å². The maximum absolute atomic E-state index is 5.64. The average Bonchev–Trinajstić information content (AvgIpc) is 2.46. The highest BCUT2D eigenvalue weighted by Crippen LogP contribution is 2.21. The molecule has 0 saturated heterocycles. The van der Waals surface area contributed by atoms with E-state index in [9.17, 15) is 0 Å². The van der Waals surface area contributed by atoms with Gasteiger partial charge in [0.1, 0.15) is 5.75 Å². The van der Waals surface area contributed by atoms with Crippen LogP contribution in [0.2, 0.25) is 0 Å². The minimum absolute atomic E-state index is 0.0579. The minimum Gasteiger partial charge on any atom is -0.497 e.